The number of amides is 1. The van der Waals surface area contributed by atoms with Crippen molar-refractivity contribution in [2.45, 2.75) is 44.8 Å². The summed E-state index contributed by atoms with van der Waals surface area (Å²) < 4.78 is 11.6. The lowest BCUT2D eigenvalue weighted by Gasteiger charge is -2.32. The number of carbonyl (C=O) groups excluding carboxylic acids is 1. The number of carbonyl (C=O) groups is 1. The van der Waals surface area contributed by atoms with E-state index in [2.05, 4.69) is 22.3 Å². The van der Waals surface area contributed by atoms with Crippen LogP contribution in [0.3, 0.4) is 0 Å². The molecule has 1 amide bonds. The second kappa shape index (κ2) is 8.23. The van der Waals surface area contributed by atoms with Crippen LogP contribution < -0.4 is 5.32 Å². The lowest BCUT2D eigenvalue weighted by atomic mass is 9.89. The fourth-order valence-electron chi connectivity index (χ4n) is 4.09. The first-order valence-electron chi connectivity index (χ1n) is 9.87. The molecule has 1 aliphatic heterocycles. The van der Waals surface area contributed by atoms with Crippen LogP contribution in [0.5, 0.6) is 0 Å². The number of para-hydroxylation sites is 1. The van der Waals surface area contributed by atoms with E-state index in [4.69, 9.17) is 9.15 Å². The van der Waals surface area contributed by atoms with Crippen molar-refractivity contribution in [3.63, 3.8) is 0 Å². The van der Waals surface area contributed by atoms with Crippen molar-refractivity contribution in [1.82, 2.24) is 10.2 Å². The maximum atomic E-state index is 12.5. The third-order valence-corrected chi connectivity index (χ3v) is 5.59. The predicted molar refractivity (Wildman–Crippen MR) is 101 cm³/mol. The number of rotatable bonds is 5. The summed E-state index contributed by atoms with van der Waals surface area (Å²) >= 11 is 0. The van der Waals surface area contributed by atoms with Gasteiger partial charge in [-0.05, 0) is 30.9 Å². The van der Waals surface area contributed by atoms with E-state index in [0.717, 1.165) is 29.8 Å². The zero-order chi connectivity index (χ0) is 17.8. The molecule has 0 bridgehead atoms. The van der Waals surface area contributed by atoms with Gasteiger partial charge >= 0.3 is 0 Å². The van der Waals surface area contributed by atoms with Gasteiger partial charge in [0.15, 0.2) is 0 Å². The number of morpholine rings is 1. The minimum absolute atomic E-state index is 0.0323. The smallest absolute Gasteiger partial charge is 0.250 e. The van der Waals surface area contributed by atoms with E-state index in [1.54, 1.807) is 0 Å². The summed E-state index contributed by atoms with van der Waals surface area (Å²) in [6, 6.07) is 10.1. The summed E-state index contributed by atoms with van der Waals surface area (Å²) in [7, 11) is 0. The number of ether oxygens (including phenoxy) is 1. The molecule has 4 rings (SSSR count). The predicted octanol–water partition coefficient (Wildman–Crippen LogP) is 3.33. The minimum Gasteiger partial charge on any atom is -0.460 e. The van der Waals surface area contributed by atoms with Crippen molar-refractivity contribution < 1.29 is 13.9 Å². The Morgan fingerprint density at radius 2 is 2.04 bits per heavy atom. The van der Waals surface area contributed by atoms with Gasteiger partial charge in [0, 0.05) is 25.0 Å². The first kappa shape index (κ1) is 17.6. The highest BCUT2D eigenvalue weighted by Crippen LogP contribution is 2.23. The average molecular weight is 356 g/mol. The normalized spacial score (nSPS) is 22.5. The Morgan fingerprint density at radius 1 is 1.19 bits per heavy atom. The van der Waals surface area contributed by atoms with Crippen LogP contribution in [0.2, 0.25) is 0 Å². The number of fused-ring (bicyclic) bond motifs is 1. The molecule has 1 N–H and O–H groups in total. The van der Waals surface area contributed by atoms with E-state index >= 15 is 0 Å². The van der Waals surface area contributed by atoms with Crippen LogP contribution in [0.1, 0.15) is 37.9 Å². The van der Waals surface area contributed by atoms with E-state index in [0.29, 0.717) is 25.6 Å². The minimum atomic E-state index is -0.378. The molecule has 1 saturated carbocycles. The number of hydrogen-bond acceptors (Lipinski definition) is 4. The molecule has 2 heterocycles. The van der Waals surface area contributed by atoms with Crippen LogP contribution in [0, 0.1) is 5.92 Å². The molecule has 1 atom stereocenters. The van der Waals surface area contributed by atoms with Gasteiger partial charge in [-0.1, -0.05) is 37.5 Å². The molecule has 5 heteroatoms. The van der Waals surface area contributed by atoms with Gasteiger partial charge in [-0.3, -0.25) is 9.69 Å². The number of hydrogen-bond donors (Lipinski definition) is 1. The van der Waals surface area contributed by atoms with Crippen LogP contribution in [0.15, 0.2) is 34.7 Å². The molecular weight excluding hydrogens is 328 g/mol. The van der Waals surface area contributed by atoms with Crippen molar-refractivity contribution in [3.05, 3.63) is 36.1 Å². The maximum Gasteiger partial charge on any atom is 0.250 e. The first-order chi connectivity index (χ1) is 12.8. The summed E-state index contributed by atoms with van der Waals surface area (Å²) in [6.07, 6.45) is 6.04. The highest BCUT2D eigenvalue weighted by atomic mass is 16.5. The topological polar surface area (TPSA) is 54.7 Å². The fourth-order valence-corrected chi connectivity index (χ4v) is 4.09. The van der Waals surface area contributed by atoms with Crippen molar-refractivity contribution in [1.29, 1.82) is 0 Å². The molecule has 26 heavy (non-hydrogen) atoms. The molecule has 5 nitrogen and oxygen atoms in total. The lowest BCUT2D eigenvalue weighted by molar-refractivity contribution is -0.139. The standard InChI is InChI=1S/C21H28N2O3/c24-21(22-13-16-6-2-1-3-7-16)20-15-23(10-11-25-20)14-18-12-17-8-4-5-9-19(17)26-18/h4-5,8-9,12,16,20H,1-3,6-7,10-11,13-15H2,(H,22,24). The van der Waals surface area contributed by atoms with Gasteiger partial charge in [0.1, 0.15) is 17.4 Å². The molecule has 1 aliphatic carbocycles. The zero-order valence-corrected chi connectivity index (χ0v) is 15.3. The van der Waals surface area contributed by atoms with Crippen LogP contribution >= 0.6 is 0 Å². The van der Waals surface area contributed by atoms with E-state index in [1.165, 1.54) is 32.1 Å². The summed E-state index contributed by atoms with van der Waals surface area (Å²) in [5.41, 5.74) is 0.914. The Hall–Kier alpha value is -1.85. The quantitative estimate of drug-likeness (QED) is 0.893. The van der Waals surface area contributed by atoms with E-state index in [-0.39, 0.29) is 12.0 Å². The van der Waals surface area contributed by atoms with Gasteiger partial charge in [0.25, 0.3) is 0 Å². The number of nitrogens with zero attached hydrogens (tertiary/aromatic N) is 1. The molecule has 1 aromatic heterocycles. The third-order valence-electron chi connectivity index (χ3n) is 5.59. The molecule has 2 aliphatic rings. The van der Waals surface area contributed by atoms with Crippen LogP contribution in [-0.4, -0.2) is 43.2 Å². The van der Waals surface area contributed by atoms with Gasteiger partial charge in [-0.2, -0.15) is 0 Å². The molecule has 0 spiro atoms. The largest absolute Gasteiger partial charge is 0.460 e. The Bertz CT molecular complexity index is 703. The Kier molecular flexibility index (Phi) is 5.56. The van der Waals surface area contributed by atoms with Crippen molar-refractivity contribution >= 4 is 16.9 Å². The highest BCUT2D eigenvalue weighted by Gasteiger charge is 2.27. The van der Waals surface area contributed by atoms with Gasteiger partial charge in [-0.15, -0.1) is 0 Å². The van der Waals surface area contributed by atoms with E-state index < -0.39 is 0 Å². The summed E-state index contributed by atoms with van der Waals surface area (Å²) in [6.45, 7) is 3.53. The molecule has 0 radical (unpaired) electrons. The third kappa shape index (κ3) is 4.27. The second-order valence-electron chi connectivity index (χ2n) is 7.59. The molecule has 1 saturated heterocycles. The molecule has 2 aromatic rings. The van der Waals surface area contributed by atoms with Crippen molar-refractivity contribution in [3.8, 4) is 0 Å². The van der Waals surface area contributed by atoms with Gasteiger partial charge < -0.3 is 14.5 Å². The van der Waals surface area contributed by atoms with Gasteiger partial charge in [0.2, 0.25) is 5.91 Å². The Balaban J connectivity index is 1.29. The Labute approximate surface area is 154 Å². The highest BCUT2D eigenvalue weighted by molar-refractivity contribution is 5.81. The average Bonchev–Trinajstić information content (AvgIpc) is 3.09. The fraction of sp³-hybridized carbons (Fsp3) is 0.571. The number of nitrogens with one attached hydrogen (secondary N) is 1. The van der Waals surface area contributed by atoms with E-state index in [9.17, 15) is 4.79 Å². The van der Waals surface area contributed by atoms with Crippen LogP contribution in [0.4, 0.5) is 0 Å². The zero-order valence-electron chi connectivity index (χ0n) is 15.3. The molecule has 1 unspecified atom stereocenters. The van der Waals surface area contributed by atoms with Gasteiger partial charge in [-0.25, -0.2) is 0 Å². The summed E-state index contributed by atoms with van der Waals surface area (Å²) in [4.78, 5) is 14.7. The first-order valence-corrected chi connectivity index (χ1v) is 9.87. The monoisotopic (exact) mass is 356 g/mol. The van der Waals surface area contributed by atoms with Crippen molar-refractivity contribution in [2.24, 2.45) is 5.92 Å². The number of furan rings is 1. The number of benzene rings is 1. The Morgan fingerprint density at radius 3 is 2.88 bits per heavy atom. The molecular formula is C21H28N2O3. The summed E-state index contributed by atoms with van der Waals surface area (Å²) in [5.74, 6) is 1.61. The van der Waals surface area contributed by atoms with Crippen LogP contribution in [-0.2, 0) is 16.1 Å². The SMILES string of the molecule is O=C(NCC1CCCCC1)C1CN(Cc2cc3ccccc3o2)CCO1. The molecule has 140 valence electrons. The van der Waals surface area contributed by atoms with Crippen LogP contribution in [0.25, 0.3) is 11.0 Å². The van der Waals surface area contributed by atoms with Crippen molar-refractivity contribution in [2.75, 3.05) is 26.2 Å². The maximum absolute atomic E-state index is 12.5. The summed E-state index contributed by atoms with van der Waals surface area (Å²) in [5, 5.41) is 4.24. The molecule has 2 fully saturated rings. The van der Waals surface area contributed by atoms with E-state index in [1.807, 2.05) is 18.2 Å². The molecule has 1 aromatic carbocycles. The second-order valence-corrected chi connectivity index (χ2v) is 7.59. The lowest BCUT2D eigenvalue weighted by Crippen LogP contribution is -2.50. The van der Waals surface area contributed by atoms with Gasteiger partial charge in [0.05, 0.1) is 13.2 Å².